The van der Waals surface area contributed by atoms with Crippen LogP contribution < -0.4 is 20.7 Å². The van der Waals surface area contributed by atoms with E-state index in [9.17, 15) is 14.7 Å². The molecule has 1 aliphatic heterocycles. The van der Waals surface area contributed by atoms with Crippen LogP contribution in [0.3, 0.4) is 0 Å². The molecular formula is C26H44N4O4. The molecule has 0 aromatic carbocycles. The number of ether oxygens (including phenoxy) is 1. The van der Waals surface area contributed by atoms with Crippen molar-refractivity contribution in [3.63, 3.8) is 0 Å². The van der Waals surface area contributed by atoms with Gasteiger partial charge in [-0.1, -0.05) is 52.9 Å². The molecule has 1 aromatic heterocycles. The smallest absolute Gasteiger partial charge is 0.251 e. The van der Waals surface area contributed by atoms with Crippen LogP contribution in [0.2, 0.25) is 0 Å². The maximum atomic E-state index is 13.2. The highest BCUT2D eigenvalue weighted by Gasteiger charge is 2.28. The maximum Gasteiger partial charge on any atom is 0.251 e. The lowest BCUT2D eigenvalue weighted by molar-refractivity contribution is -0.125. The number of hydrogen-bond acceptors (Lipinski definition) is 6. The zero-order chi connectivity index (χ0) is 24.9. The van der Waals surface area contributed by atoms with E-state index in [0.29, 0.717) is 42.6 Å². The second kappa shape index (κ2) is 14.8. The van der Waals surface area contributed by atoms with Gasteiger partial charge in [-0.3, -0.25) is 9.59 Å². The summed E-state index contributed by atoms with van der Waals surface area (Å²) in [6.45, 7) is 7.51. The summed E-state index contributed by atoms with van der Waals surface area (Å²) in [5, 5.41) is 20.3. The van der Waals surface area contributed by atoms with E-state index in [4.69, 9.17) is 4.74 Å². The summed E-state index contributed by atoms with van der Waals surface area (Å²) in [6, 6.07) is 2.87. The molecule has 0 fully saturated rings. The number of amides is 2. The fourth-order valence-corrected chi connectivity index (χ4v) is 4.33. The SMILES string of the molecule is CCCCNC(=O)[C@H](C)C[C@H](O)[C@@H]1C[C@H](C)CCCCCCNc2cc(cc(OC)n2)C(=O)N1. The molecule has 0 saturated heterocycles. The number of nitrogens with one attached hydrogen (secondary N) is 3. The van der Waals surface area contributed by atoms with E-state index in [0.717, 1.165) is 51.5 Å². The monoisotopic (exact) mass is 476 g/mol. The number of pyridine rings is 1. The van der Waals surface area contributed by atoms with Gasteiger partial charge in [-0.15, -0.1) is 0 Å². The Morgan fingerprint density at radius 1 is 1.29 bits per heavy atom. The number of carbonyl (C=O) groups is 2. The number of unbranched alkanes of at least 4 members (excludes halogenated alkanes) is 1. The van der Waals surface area contributed by atoms with E-state index in [-0.39, 0.29) is 17.7 Å². The first-order valence-electron chi connectivity index (χ1n) is 12.9. The van der Waals surface area contributed by atoms with Crippen LogP contribution in [0.25, 0.3) is 0 Å². The van der Waals surface area contributed by atoms with Gasteiger partial charge in [0.25, 0.3) is 5.91 Å². The molecule has 1 aromatic rings. The molecule has 4 atom stereocenters. The number of carbonyl (C=O) groups excluding carboxylic acids is 2. The van der Waals surface area contributed by atoms with Gasteiger partial charge in [0, 0.05) is 30.6 Å². The number of hydrogen-bond donors (Lipinski definition) is 4. The summed E-state index contributed by atoms with van der Waals surface area (Å²) in [6.07, 6.45) is 7.55. The summed E-state index contributed by atoms with van der Waals surface area (Å²) in [5.74, 6) is 0.630. The Hall–Kier alpha value is -2.35. The number of aromatic nitrogens is 1. The van der Waals surface area contributed by atoms with Crippen molar-refractivity contribution in [2.45, 2.75) is 90.7 Å². The summed E-state index contributed by atoms with van der Waals surface area (Å²) in [7, 11) is 1.53. The van der Waals surface area contributed by atoms with Crippen molar-refractivity contribution in [1.29, 1.82) is 0 Å². The highest BCUT2D eigenvalue weighted by atomic mass is 16.5. The third-order valence-electron chi connectivity index (χ3n) is 6.51. The van der Waals surface area contributed by atoms with Crippen LogP contribution in [0.1, 0.15) is 88.9 Å². The first-order valence-corrected chi connectivity index (χ1v) is 12.9. The molecule has 0 saturated carbocycles. The zero-order valence-corrected chi connectivity index (χ0v) is 21.4. The number of anilines is 1. The largest absolute Gasteiger partial charge is 0.481 e. The minimum Gasteiger partial charge on any atom is -0.481 e. The average molecular weight is 477 g/mol. The van der Waals surface area contributed by atoms with E-state index >= 15 is 0 Å². The van der Waals surface area contributed by atoms with Crippen LogP contribution in [0, 0.1) is 11.8 Å². The first kappa shape index (κ1) is 27.9. The summed E-state index contributed by atoms with van der Waals surface area (Å²) in [4.78, 5) is 30.0. The van der Waals surface area contributed by atoms with Crippen molar-refractivity contribution < 1.29 is 19.4 Å². The number of rotatable bonds is 8. The van der Waals surface area contributed by atoms with Crippen molar-refractivity contribution in [3.8, 4) is 5.88 Å². The van der Waals surface area contributed by atoms with Crippen LogP contribution in [0.5, 0.6) is 5.88 Å². The van der Waals surface area contributed by atoms with Gasteiger partial charge in [0.15, 0.2) is 0 Å². The van der Waals surface area contributed by atoms with Crippen LogP contribution in [0.4, 0.5) is 5.82 Å². The van der Waals surface area contributed by atoms with Crippen molar-refractivity contribution in [1.82, 2.24) is 15.6 Å². The lowest BCUT2D eigenvalue weighted by Crippen LogP contribution is -2.46. The van der Waals surface area contributed by atoms with Gasteiger partial charge in [0.05, 0.1) is 19.3 Å². The molecule has 1 aliphatic rings. The molecule has 2 bridgehead atoms. The molecule has 2 rings (SSSR count). The molecule has 2 heterocycles. The average Bonchev–Trinajstić information content (AvgIpc) is 2.82. The molecule has 8 nitrogen and oxygen atoms in total. The number of aliphatic hydroxyl groups is 1. The highest BCUT2D eigenvalue weighted by Crippen LogP contribution is 2.22. The molecule has 0 radical (unpaired) electrons. The molecular weight excluding hydrogens is 432 g/mol. The number of aliphatic hydroxyl groups excluding tert-OH is 1. The Labute approximate surface area is 204 Å². The van der Waals surface area contributed by atoms with Crippen LogP contribution in [-0.4, -0.2) is 54.2 Å². The number of nitrogens with zero attached hydrogens (tertiary/aromatic N) is 1. The molecule has 8 heteroatoms. The Morgan fingerprint density at radius 2 is 2.06 bits per heavy atom. The number of fused-ring (bicyclic) bond motifs is 2. The van der Waals surface area contributed by atoms with E-state index in [1.54, 1.807) is 12.1 Å². The molecule has 0 spiro atoms. The highest BCUT2D eigenvalue weighted by molar-refractivity contribution is 5.95. The lowest BCUT2D eigenvalue weighted by atomic mass is 9.89. The molecule has 0 unspecified atom stereocenters. The summed E-state index contributed by atoms with van der Waals surface area (Å²) in [5.41, 5.74) is 0.430. The van der Waals surface area contributed by atoms with Crippen LogP contribution >= 0.6 is 0 Å². The molecule has 4 N–H and O–H groups in total. The quantitative estimate of drug-likeness (QED) is 0.424. The maximum absolute atomic E-state index is 13.2. The Bertz CT molecular complexity index is 773. The van der Waals surface area contributed by atoms with Gasteiger partial charge in [0.1, 0.15) is 5.82 Å². The van der Waals surface area contributed by atoms with E-state index < -0.39 is 12.1 Å². The standard InChI is InChI=1S/C26H44N4O4/c1-5-6-12-28-25(32)19(3)15-22(31)21-14-18(2)11-9-7-8-10-13-27-23-16-20(26(33)29-21)17-24(30-23)34-4/h16-19,21-22,31H,5-15H2,1-4H3,(H,27,30)(H,28,32)(H,29,33)/t18-,19-,21+,22+/m1/s1. The van der Waals surface area contributed by atoms with Crippen molar-refractivity contribution in [2.75, 3.05) is 25.5 Å². The lowest BCUT2D eigenvalue weighted by Gasteiger charge is -2.28. The third kappa shape index (κ3) is 9.49. The first-order chi connectivity index (χ1) is 16.3. The van der Waals surface area contributed by atoms with Crippen molar-refractivity contribution >= 4 is 17.6 Å². The number of methoxy groups -OCH3 is 1. The minimum atomic E-state index is -0.824. The molecule has 2 amide bonds. The predicted octanol–water partition coefficient (Wildman–Crippen LogP) is 3.89. The fourth-order valence-electron chi connectivity index (χ4n) is 4.33. The molecule has 34 heavy (non-hydrogen) atoms. The Balaban J connectivity index is 2.17. The molecule has 0 aliphatic carbocycles. The minimum absolute atomic E-state index is 0.0568. The van der Waals surface area contributed by atoms with Crippen LogP contribution in [0.15, 0.2) is 12.1 Å². The van der Waals surface area contributed by atoms with E-state index in [2.05, 4.69) is 34.8 Å². The molecule has 192 valence electrons. The van der Waals surface area contributed by atoms with Crippen molar-refractivity contribution in [2.24, 2.45) is 11.8 Å². The third-order valence-corrected chi connectivity index (χ3v) is 6.51. The topological polar surface area (TPSA) is 113 Å². The van der Waals surface area contributed by atoms with Gasteiger partial charge >= 0.3 is 0 Å². The van der Waals surface area contributed by atoms with Crippen molar-refractivity contribution in [3.05, 3.63) is 17.7 Å². The predicted molar refractivity (Wildman–Crippen MR) is 135 cm³/mol. The zero-order valence-electron chi connectivity index (χ0n) is 21.4. The van der Waals surface area contributed by atoms with Gasteiger partial charge in [0.2, 0.25) is 11.8 Å². The fraction of sp³-hybridized carbons (Fsp3) is 0.731. The summed E-state index contributed by atoms with van der Waals surface area (Å²) >= 11 is 0. The van der Waals surface area contributed by atoms with Gasteiger partial charge in [-0.2, -0.15) is 4.98 Å². The van der Waals surface area contributed by atoms with Gasteiger partial charge in [-0.25, -0.2) is 0 Å². The normalized spacial score (nSPS) is 21.7. The second-order valence-electron chi connectivity index (χ2n) is 9.68. The Kier molecular flexibility index (Phi) is 12.2. The van der Waals surface area contributed by atoms with Crippen LogP contribution in [-0.2, 0) is 4.79 Å². The van der Waals surface area contributed by atoms with Gasteiger partial charge in [-0.05, 0) is 37.7 Å². The van der Waals surface area contributed by atoms with E-state index in [1.807, 2.05) is 6.92 Å². The summed E-state index contributed by atoms with van der Waals surface area (Å²) < 4.78 is 5.29. The van der Waals surface area contributed by atoms with E-state index in [1.165, 1.54) is 7.11 Å². The Morgan fingerprint density at radius 3 is 2.79 bits per heavy atom. The second-order valence-corrected chi connectivity index (χ2v) is 9.68. The van der Waals surface area contributed by atoms with Gasteiger partial charge < -0.3 is 25.8 Å².